The molecule has 140 valence electrons. The molecule has 0 saturated carbocycles. The molecule has 0 radical (unpaired) electrons. The van der Waals surface area contributed by atoms with Gasteiger partial charge in [0.25, 0.3) is 0 Å². The number of nitrogens with one attached hydrogen (secondary N) is 1. The number of ether oxygens (including phenoxy) is 2. The Morgan fingerprint density at radius 1 is 1.23 bits per heavy atom. The highest BCUT2D eigenvalue weighted by Crippen LogP contribution is 2.28. The number of imidazole rings is 1. The van der Waals surface area contributed by atoms with Crippen molar-refractivity contribution in [3.8, 4) is 0 Å². The van der Waals surface area contributed by atoms with Crippen molar-refractivity contribution in [1.82, 2.24) is 14.9 Å². The van der Waals surface area contributed by atoms with E-state index in [1.807, 2.05) is 26.8 Å². The maximum atomic E-state index is 12.2. The number of fused-ring (bicyclic) bond motifs is 1. The van der Waals surface area contributed by atoms with Crippen LogP contribution in [-0.2, 0) is 9.47 Å². The van der Waals surface area contributed by atoms with Gasteiger partial charge in [0.2, 0.25) is 0 Å². The van der Waals surface area contributed by atoms with Crippen molar-refractivity contribution in [2.45, 2.75) is 45.1 Å². The van der Waals surface area contributed by atoms with Gasteiger partial charge < -0.3 is 19.4 Å². The van der Waals surface area contributed by atoms with Crippen LogP contribution in [0, 0.1) is 0 Å². The summed E-state index contributed by atoms with van der Waals surface area (Å²) in [6.07, 6.45) is 1.38. The molecule has 1 aromatic carbocycles. The number of hydrogen-bond donors (Lipinski definition) is 1. The first-order chi connectivity index (χ1) is 12.3. The van der Waals surface area contributed by atoms with Crippen LogP contribution in [0.25, 0.3) is 11.0 Å². The van der Waals surface area contributed by atoms with Gasteiger partial charge in [0.1, 0.15) is 11.4 Å². The van der Waals surface area contributed by atoms with Crippen LogP contribution in [0.15, 0.2) is 18.2 Å². The number of carbonyl (C=O) groups excluding carboxylic acids is 2. The lowest BCUT2D eigenvalue weighted by atomic mass is 9.96. The standard InChI is InChI=1S/C19H25N3O4/c1-19(2,3)26-18(24)22-9-7-12(8-10-22)16-20-14-6-5-13(17(23)25-4)11-15(14)21-16/h5-6,11-12H,7-10H2,1-4H3,(H,20,21). The van der Waals surface area contributed by atoms with Gasteiger partial charge in [-0.2, -0.15) is 0 Å². The predicted molar refractivity (Wildman–Crippen MR) is 97.2 cm³/mol. The highest BCUT2D eigenvalue weighted by molar-refractivity contribution is 5.93. The molecule has 1 aromatic heterocycles. The van der Waals surface area contributed by atoms with Gasteiger partial charge in [0, 0.05) is 19.0 Å². The molecule has 2 heterocycles. The second-order valence-electron chi connectivity index (χ2n) is 7.59. The third kappa shape index (κ3) is 3.98. The van der Waals surface area contributed by atoms with E-state index in [1.54, 1.807) is 17.0 Å². The predicted octanol–water partition coefficient (Wildman–Crippen LogP) is 3.46. The lowest BCUT2D eigenvalue weighted by molar-refractivity contribution is 0.0203. The topological polar surface area (TPSA) is 84.5 Å². The number of carbonyl (C=O) groups is 2. The Kier molecular flexibility index (Phi) is 4.89. The average Bonchev–Trinajstić information content (AvgIpc) is 3.02. The second-order valence-corrected chi connectivity index (χ2v) is 7.59. The molecule has 7 nitrogen and oxygen atoms in total. The van der Waals surface area contributed by atoms with E-state index < -0.39 is 5.60 Å². The summed E-state index contributed by atoms with van der Waals surface area (Å²) in [5.74, 6) is 0.780. The molecule has 1 aliphatic rings. The molecule has 1 amide bonds. The van der Waals surface area contributed by atoms with Crippen molar-refractivity contribution >= 4 is 23.1 Å². The first-order valence-corrected chi connectivity index (χ1v) is 8.83. The Bertz CT molecular complexity index is 814. The largest absolute Gasteiger partial charge is 0.465 e. The molecule has 7 heteroatoms. The van der Waals surface area contributed by atoms with Crippen molar-refractivity contribution in [2.24, 2.45) is 0 Å². The fourth-order valence-corrected chi connectivity index (χ4v) is 3.13. The van der Waals surface area contributed by atoms with Gasteiger partial charge in [-0.05, 0) is 51.8 Å². The highest BCUT2D eigenvalue weighted by Gasteiger charge is 2.28. The third-order valence-electron chi connectivity index (χ3n) is 4.45. The molecular weight excluding hydrogens is 334 g/mol. The number of piperidine rings is 1. The van der Waals surface area contributed by atoms with Crippen LogP contribution in [0.5, 0.6) is 0 Å². The smallest absolute Gasteiger partial charge is 0.410 e. The van der Waals surface area contributed by atoms with Gasteiger partial charge in [-0.3, -0.25) is 0 Å². The number of amides is 1. The monoisotopic (exact) mass is 359 g/mol. The molecule has 0 atom stereocenters. The Morgan fingerprint density at radius 2 is 1.92 bits per heavy atom. The van der Waals surface area contributed by atoms with E-state index in [-0.39, 0.29) is 18.0 Å². The Balaban J connectivity index is 1.67. The Hall–Kier alpha value is -2.57. The summed E-state index contributed by atoms with van der Waals surface area (Å²) in [7, 11) is 1.36. The number of H-pyrrole nitrogens is 1. The number of methoxy groups -OCH3 is 1. The van der Waals surface area contributed by atoms with Crippen molar-refractivity contribution < 1.29 is 19.1 Å². The summed E-state index contributed by atoms with van der Waals surface area (Å²) in [6, 6.07) is 5.29. The van der Waals surface area contributed by atoms with Crippen LogP contribution in [0.1, 0.15) is 55.7 Å². The van der Waals surface area contributed by atoms with Crippen LogP contribution in [0.4, 0.5) is 4.79 Å². The van der Waals surface area contributed by atoms with Gasteiger partial charge in [-0.1, -0.05) is 0 Å². The van der Waals surface area contributed by atoms with Crippen molar-refractivity contribution in [3.63, 3.8) is 0 Å². The fourth-order valence-electron chi connectivity index (χ4n) is 3.13. The maximum absolute atomic E-state index is 12.2. The summed E-state index contributed by atoms with van der Waals surface area (Å²) in [6.45, 7) is 6.89. The summed E-state index contributed by atoms with van der Waals surface area (Å²) >= 11 is 0. The molecule has 0 unspecified atom stereocenters. The quantitative estimate of drug-likeness (QED) is 0.830. The van der Waals surface area contributed by atoms with E-state index in [0.29, 0.717) is 18.7 Å². The van der Waals surface area contributed by atoms with E-state index in [1.165, 1.54) is 7.11 Å². The zero-order chi connectivity index (χ0) is 18.9. The number of aromatic nitrogens is 2. The molecule has 1 fully saturated rings. The normalized spacial score (nSPS) is 15.9. The van der Waals surface area contributed by atoms with Gasteiger partial charge in [0.15, 0.2) is 0 Å². The van der Waals surface area contributed by atoms with E-state index in [0.717, 1.165) is 29.7 Å². The average molecular weight is 359 g/mol. The molecule has 2 aromatic rings. The van der Waals surface area contributed by atoms with E-state index in [9.17, 15) is 9.59 Å². The number of rotatable bonds is 2. The number of likely N-dealkylation sites (tertiary alicyclic amines) is 1. The minimum Gasteiger partial charge on any atom is -0.465 e. The number of aromatic amines is 1. The first-order valence-electron chi connectivity index (χ1n) is 8.83. The van der Waals surface area contributed by atoms with Crippen molar-refractivity contribution in [1.29, 1.82) is 0 Å². The van der Waals surface area contributed by atoms with Crippen LogP contribution in [0.3, 0.4) is 0 Å². The molecule has 3 rings (SSSR count). The highest BCUT2D eigenvalue weighted by atomic mass is 16.6. The third-order valence-corrected chi connectivity index (χ3v) is 4.45. The van der Waals surface area contributed by atoms with Crippen LogP contribution < -0.4 is 0 Å². The minimum absolute atomic E-state index is 0.252. The summed E-state index contributed by atoms with van der Waals surface area (Å²) in [5.41, 5.74) is 1.65. The maximum Gasteiger partial charge on any atom is 0.410 e. The Morgan fingerprint density at radius 3 is 2.54 bits per heavy atom. The van der Waals surface area contributed by atoms with Gasteiger partial charge in [-0.15, -0.1) is 0 Å². The lowest BCUT2D eigenvalue weighted by Crippen LogP contribution is -2.41. The zero-order valence-electron chi connectivity index (χ0n) is 15.7. The van der Waals surface area contributed by atoms with Gasteiger partial charge >= 0.3 is 12.1 Å². The number of esters is 1. The van der Waals surface area contributed by atoms with Crippen LogP contribution >= 0.6 is 0 Å². The van der Waals surface area contributed by atoms with Crippen LogP contribution in [-0.4, -0.2) is 52.7 Å². The van der Waals surface area contributed by atoms with Crippen molar-refractivity contribution in [2.75, 3.05) is 20.2 Å². The Labute approximate surface area is 152 Å². The van der Waals surface area contributed by atoms with Crippen molar-refractivity contribution in [3.05, 3.63) is 29.6 Å². The van der Waals surface area contributed by atoms with Crippen LogP contribution in [0.2, 0.25) is 0 Å². The molecular formula is C19H25N3O4. The number of nitrogens with zero attached hydrogens (tertiary/aromatic N) is 2. The molecule has 1 N–H and O–H groups in total. The number of hydrogen-bond acceptors (Lipinski definition) is 5. The summed E-state index contributed by atoms with van der Waals surface area (Å²) < 4.78 is 10.2. The molecule has 1 aliphatic heterocycles. The SMILES string of the molecule is COC(=O)c1ccc2nc(C3CCN(C(=O)OC(C)(C)C)CC3)[nH]c2c1. The second kappa shape index (κ2) is 6.97. The molecule has 1 saturated heterocycles. The van der Waals surface area contributed by atoms with E-state index in [2.05, 4.69) is 9.97 Å². The minimum atomic E-state index is -0.482. The van der Waals surface area contributed by atoms with Gasteiger partial charge in [0.05, 0.1) is 23.7 Å². The molecule has 26 heavy (non-hydrogen) atoms. The lowest BCUT2D eigenvalue weighted by Gasteiger charge is -2.32. The zero-order valence-corrected chi connectivity index (χ0v) is 15.7. The summed E-state index contributed by atoms with van der Waals surface area (Å²) in [4.78, 5) is 33.5. The van der Waals surface area contributed by atoms with E-state index >= 15 is 0 Å². The van der Waals surface area contributed by atoms with Gasteiger partial charge in [-0.25, -0.2) is 14.6 Å². The number of benzene rings is 1. The molecule has 0 aliphatic carbocycles. The fraction of sp³-hybridized carbons (Fsp3) is 0.526. The molecule has 0 bridgehead atoms. The summed E-state index contributed by atoms with van der Waals surface area (Å²) in [5, 5.41) is 0. The first kappa shape index (κ1) is 18.2. The van der Waals surface area contributed by atoms with E-state index in [4.69, 9.17) is 9.47 Å². The molecule has 0 spiro atoms.